The van der Waals surface area contributed by atoms with Gasteiger partial charge in [-0.2, -0.15) is 0 Å². The van der Waals surface area contributed by atoms with Crippen molar-refractivity contribution in [2.75, 3.05) is 7.11 Å². The molecule has 0 bridgehead atoms. The summed E-state index contributed by atoms with van der Waals surface area (Å²) in [5, 5.41) is 3.65. The number of hydrogen-bond acceptors (Lipinski definition) is 4. The molecule has 122 valence electrons. The molecule has 0 unspecified atom stereocenters. The number of methoxy groups -OCH3 is 1. The van der Waals surface area contributed by atoms with E-state index in [0.717, 1.165) is 0 Å². The summed E-state index contributed by atoms with van der Waals surface area (Å²) in [7, 11) is 1.55. The van der Waals surface area contributed by atoms with Crippen LogP contribution in [0.1, 0.15) is 5.56 Å². The van der Waals surface area contributed by atoms with Crippen LogP contribution in [0.25, 0.3) is 6.08 Å². The van der Waals surface area contributed by atoms with Crippen LogP contribution in [0.2, 0.25) is 5.02 Å². The van der Waals surface area contributed by atoms with E-state index in [-0.39, 0.29) is 11.7 Å². The van der Waals surface area contributed by atoms with Gasteiger partial charge >= 0.3 is 0 Å². The van der Waals surface area contributed by atoms with E-state index in [9.17, 15) is 9.18 Å². The molecule has 0 aliphatic carbocycles. The lowest BCUT2D eigenvalue weighted by Gasteiger charge is -2.05. The average Bonchev–Trinajstić information content (AvgIpc) is 2.89. The summed E-state index contributed by atoms with van der Waals surface area (Å²) in [6.45, 7) is 0. The minimum atomic E-state index is -0.337. The zero-order chi connectivity index (χ0) is 17.1. The third-order valence-electron chi connectivity index (χ3n) is 3.19. The van der Waals surface area contributed by atoms with Crippen LogP contribution in [-0.4, -0.2) is 18.2 Å². The van der Waals surface area contributed by atoms with Gasteiger partial charge in [-0.3, -0.25) is 4.79 Å². The molecule has 2 aromatic carbocycles. The highest BCUT2D eigenvalue weighted by atomic mass is 35.5. The number of amidine groups is 1. The fourth-order valence-electron chi connectivity index (χ4n) is 2.07. The summed E-state index contributed by atoms with van der Waals surface area (Å²) in [5.41, 5.74) is 1.26. The summed E-state index contributed by atoms with van der Waals surface area (Å²) in [4.78, 5) is 16.9. The van der Waals surface area contributed by atoms with Crippen LogP contribution in [0.4, 0.5) is 10.1 Å². The zero-order valence-corrected chi connectivity index (χ0v) is 14.1. The quantitative estimate of drug-likeness (QED) is 0.824. The highest BCUT2D eigenvalue weighted by Crippen LogP contribution is 2.31. The van der Waals surface area contributed by atoms with Crippen molar-refractivity contribution in [2.24, 2.45) is 4.99 Å². The first-order valence-corrected chi connectivity index (χ1v) is 8.13. The standard InChI is InChI=1S/C17H12ClFN2O2S/c1-23-14-7-2-11(18)8-10(14)9-15-16(22)21-17(24-15)20-13-5-3-12(19)4-6-13/h2-9H,1H3,(H,20,21,22)/b15-9+. The molecule has 7 heteroatoms. The van der Waals surface area contributed by atoms with Crippen molar-refractivity contribution < 1.29 is 13.9 Å². The van der Waals surface area contributed by atoms with Crippen molar-refractivity contribution in [3.63, 3.8) is 0 Å². The van der Waals surface area contributed by atoms with Gasteiger partial charge in [-0.25, -0.2) is 9.38 Å². The van der Waals surface area contributed by atoms with Gasteiger partial charge in [0.25, 0.3) is 5.91 Å². The third-order valence-corrected chi connectivity index (χ3v) is 4.33. The van der Waals surface area contributed by atoms with Gasteiger partial charge in [0.15, 0.2) is 5.17 Å². The van der Waals surface area contributed by atoms with E-state index in [0.29, 0.717) is 32.1 Å². The first kappa shape index (κ1) is 16.5. The molecule has 1 fully saturated rings. The Kier molecular flexibility index (Phi) is 4.87. The van der Waals surface area contributed by atoms with Gasteiger partial charge in [-0.1, -0.05) is 11.6 Å². The maximum absolute atomic E-state index is 12.9. The molecule has 4 nitrogen and oxygen atoms in total. The number of amides is 1. The maximum Gasteiger partial charge on any atom is 0.264 e. The molecular formula is C17H12ClFN2O2S. The second-order valence-electron chi connectivity index (χ2n) is 4.84. The third kappa shape index (κ3) is 3.77. The normalized spacial score (nSPS) is 17.4. The molecule has 2 aromatic rings. The van der Waals surface area contributed by atoms with Crippen LogP contribution < -0.4 is 10.1 Å². The Morgan fingerprint density at radius 3 is 2.71 bits per heavy atom. The molecule has 3 rings (SSSR count). The first-order chi connectivity index (χ1) is 11.5. The summed E-state index contributed by atoms with van der Waals surface area (Å²) in [6.07, 6.45) is 1.69. The number of carbonyl (C=O) groups excluding carboxylic acids is 1. The summed E-state index contributed by atoms with van der Waals surface area (Å²) in [5.74, 6) is 0.0165. The number of ether oxygens (including phenoxy) is 1. The monoisotopic (exact) mass is 362 g/mol. The highest BCUT2D eigenvalue weighted by Gasteiger charge is 2.24. The summed E-state index contributed by atoms with van der Waals surface area (Å²) >= 11 is 7.19. The Balaban J connectivity index is 1.87. The number of rotatable bonds is 3. The Morgan fingerprint density at radius 2 is 2.00 bits per heavy atom. The van der Waals surface area contributed by atoms with E-state index in [2.05, 4.69) is 10.3 Å². The van der Waals surface area contributed by atoms with Crippen LogP contribution in [0.15, 0.2) is 52.4 Å². The van der Waals surface area contributed by atoms with Gasteiger partial charge in [0.1, 0.15) is 11.6 Å². The zero-order valence-electron chi connectivity index (χ0n) is 12.5. The number of benzene rings is 2. The minimum absolute atomic E-state index is 0.261. The molecule has 1 saturated heterocycles. The number of thioether (sulfide) groups is 1. The summed E-state index contributed by atoms with van der Waals surface area (Å²) in [6, 6.07) is 10.9. The van der Waals surface area contributed by atoms with Crippen molar-refractivity contribution in [3.05, 3.63) is 63.8 Å². The molecule has 1 amide bonds. The average molecular weight is 363 g/mol. The molecule has 0 radical (unpaired) electrons. The Labute approximate surface area is 147 Å². The van der Waals surface area contributed by atoms with Gasteiger partial charge < -0.3 is 10.1 Å². The smallest absolute Gasteiger partial charge is 0.264 e. The van der Waals surface area contributed by atoms with Crippen molar-refractivity contribution in [2.45, 2.75) is 0 Å². The predicted molar refractivity (Wildman–Crippen MR) is 95.2 cm³/mol. The van der Waals surface area contributed by atoms with Crippen molar-refractivity contribution in [3.8, 4) is 5.75 Å². The molecular weight excluding hydrogens is 351 g/mol. The lowest BCUT2D eigenvalue weighted by atomic mass is 10.2. The highest BCUT2D eigenvalue weighted by molar-refractivity contribution is 8.18. The number of aliphatic imine (C=N–C) groups is 1. The number of halogens is 2. The number of carbonyl (C=O) groups is 1. The van der Waals surface area contributed by atoms with E-state index < -0.39 is 0 Å². The van der Waals surface area contributed by atoms with Gasteiger partial charge in [0.05, 0.1) is 17.7 Å². The van der Waals surface area contributed by atoms with Crippen molar-refractivity contribution in [1.82, 2.24) is 5.32 Å². The topological polar surface area (TPSA) is 50.7 Å². The molecule has 0 spiro atoms. The van der Waals surface area contributed by atoms with E-state index in [4.69, 9.17) is 16.3 Å². The minimum Gasteiger partial charge on any atom is -0.496 e. The molecule has 24 heavy (non-hydrogen) atoms. The van der Waals surface area contributed by atoms with E-state index >= 15 is 0 Å². The molecule has 0 aromatic heterocycles. The fraction of sp³-hybridized carbons (Fsp3) is 0.0588. The number of hydrogen-bond donors (Lipinski definition) is 1. The van der Waals surface area contributed by atoms with Crippen LogP contribution in [0.5, 0.6) is 5.75 Å². The molecule has 1 heterocycles. The second-order valence-corrected chi connectivity index (χ2v) is 6.31. The lowest BCUT2D eigenvalue weighted by molar-refractivity contribution is -0.115. The summed E-state index contributed by atoms with van der Waals surface area (Å²) < 4.78 is 18.2. The SMILES string of the molecule is COc1ccc(Cl)cc1/C=C1/SC(=Nc2ccc(F)cc2)NC1=O. The van der Waals surface area contributed by atoms with Crippen molar-refractivity contribution >= 4 is 46.2 Å². The number of nitrogens with zero attached hydrogens (tertiary/aromatic N) is 1. The van der Waals surface area contributed by atoms with Crippen LogP contribution >= 0.6 is 23.4 Å². The van der Waals surface area contributed by atoms with Gasteiger partial charge in [-0.05, 0) is 60.3 Å². The van der Waals surface area contributed by atoms with Crippen LogP contribution in [0.3, 0.4) is 0 Å². The van der Waals surface area contributed by atoms with Gasteiger partial charge in [-0.15, -0.1) is 0 Å². The first-order valence-electron chi connectivity index (χ1n) is 6.94. The van der Waals surface area contributed by atoms with E-state index in [1.54, 1.807) is 31.4 Å². The molecule has 1 aliphatic rings. The number of nitrogens with one attached hydrogen (secondary N) is 1. The Bertz CT molecular complexity index is 850. The predicted octanol–water partition coefficient (Wildman–Crippen LogP) is 4.38. The second kappa shape index (κ2) is 7.07. The Hall–Kier alpha value is -2.31. The van der Waals surface area contributed by atoms with Crippen LogP contribution in [0, 0.1) is 5.82 Å². The van der Waals surface area contributed by atoms with Crippen molar-refractivity contribution in [1.29, 1.82) is 0 Å². The van der Waals surface area contributed by atoms with Gasteiger partial charge in [0.2, 0.25) is 0 Å². The molecule has 1 N–H and O–H groups in total. The molecule has 0 atom stereocenters. The van der Waals surface area contributed by atoms with Crippen LogP contribution in [-0.2, 0) is 4.79 Å². The largest absolute Gasteiger partial charge is 0.496 e. The molecule has 1 aliphatic heterocycles. The lowest BCUT2D eigenvalue weighted by Crippen LogP contribution is -2.19. The van der Waals surface area contributed by atoms with Gasteiger partial charge in [0, 0.05) is 10.6 Å². The molecule has 0 saturated carbocycles. The van der Waals surface area contributed by atoms with E-state index in [1.165, 1.54) is 36.0 Å². The van der Waals surface area contributed by atoms with E-state index in [1.807, 2.05) is 0 Å². The maximum atomic E-state index is 12.9. The Morgan fingerprint density at radius 1 is 1.25 bits per heavy atom. The fourth-order valence-corrected chi connectivity index (χ4v) is 3.09.